The van der Waals surface area contributed by atoms with Gasteiger partial charge in [0.2, 0.25) is 0 Å². The summed E-state index contributed by atoms with van der Waals surface area (Å²) < 4.78 is 17.1. The summed E-state index contributed by atoms with van der Waals surface area (Å²) in [7, 11) is 1.69. The summed E-state index contributed by atoms with van der Waals surface area (Å²) in [6.07, 6.45) is 3.61. The zero-order valence-electron chi connectivity index (χ0n) is 18.4. The van der Waals surface area contributed by atoms with Crippen molar-refractivity contribution in [3.63, 3.8) is 0 Å². The molecule has 0 unspecified atom stereocenters. The van der Waals surface area contributed by atoms with Crippen molar-refractivity contribution in [1.82, 2.24) is 20.0 Å². The number of nitrogens with zero attached hydrogens (tertiary/aromatic N) is 5. The van der Waals surface area contributed by atoms with E-state index in [1.165, 1.54) is 10.7 Å². The first-order valence-corrected chi connectivity index (χ1v) is 11.2. The van der Waals surface area contributed by atoms with E-state index in [4.69, 9.17) is 17.3 Å². The third-order valence-electron chi connectivity index (χ3n) is 6.30. The van der Waals surface area contributed by atoms with E-state index >= 15 is 4.39 Å². The van der Waals surface area contributed by atoms with Gasteiger partial charge in [0.05, 0.1) is 44.8 Å². The average Bonchev–Trinajstić information content (AvgIpc) is 3.51. The Morgan fingerprint density at radius 1 is 1.26 bits per heavy atom. The molecule has 1 aliphatic heterocycles. The lowest BCUT2D eigenvalue weighted by Crippen LogP contribution is -2.19. The second-order valence-corrected chi connectivity index (χ2v) is 8.65. The molecular formula is C24H21ClFN7O. The van der Waals surface area contributed by atoms with Gasteiger partial charge >= 0.3 is 0 Å². The molecule has 3 N–H and O–H groups in total. The van der Waals surface area contributed by atoms with E-state index in [9.17, 15) is 10.1 Å². The molecule has 4 aromatic rings. The van der Waals surface area contributed by atoms with Crippen LogP contribution in [0.1, 0.15) is 24.1 Å². The number of rotatable bonds is 4. The van der Waals surface area contributed by atoms with Crippen LogP contribution in [0, 0.1) is 17.1 Å². The van der Waals surface area contributed by atoms with E-state index in [0.717, 1.165) is 25.9 Å². The summed E-state index contributed by atoms with van der Waals surface area (Å²) in [5.41, 5.74) is 8.67. The number of H-pyrrole nitrogens is 1. The second kappa shape index (κ2) is 8.56. The molecule has 0 aliphatic carbocycles. The number of halogens is 2. The molecule has 0 atom stereocenters. The van der Waals surface area contributed by atoms with Gasteiger partial charge in [-0.25, -0.2) is 9.49 Å². The first-order valence-electron chi connectivity index (χ1n) is 10.9. The molecule has 2 aromatic carbocycles. The fraction of sp³-hybridized carbons (Fsp3) is 0.250. The van der Waals surface area contributed by atoms with Crippen LogP contribution < -0.4 is 16.2 Å². The van der Waals surface area contributed by atoms with Crippen molar-refractivity contribution in [2.75, 3.05) is 18.0 Å². The number of aromatic amines is 1. The van der Waals surface area contributed by atoms with Gasteiger partial charge in [0.15, 0.2) is 5.82 Å². The SMILES string of the molecule is Cn1ncc(-c2ccc3c(=O)[nH]nc(CN)c3c2)c1-c1c(F)c(Cl)cc(N2CCCC2)c1C#N. The van der Waals surface area contributed by atoms with Crippen molar-refractivity contribution in [3.05, 3.63) is 62.9 Å². The number of hydrogen-bond acceptors (Lipinski definition) is 6. The highest BCUT2D eigenvalue weighted by atomic mass is 35.5. The van der Waals surface area contributed by atoms with Crippen LogP contribution in [-0.4, -0.2) is 33.1 Å². The van der Waals surface area contributed by atoms with Gasteiger partial charge in [-0.05, 0) is 36.6 Å². The molecule has 5 rings (SSSR count). The molecule has 0 amide bonds. The van der Waals surface area contributed by atoms with Crippen molar-refractivity contribution in [3.8, 4) is 28.5 Å². The van der Waals surface area contributed by atoms with Crippen LogP contribution in [0.25, 0.3) is 33.2 Å². The Balaban J connectivity index is 1.78. The molecule has 2 aromatic heterocycles. The lowest BCUT2D eigenvalue weighted by atomic mass is 9.95. The topological polar surface area (TPSA) is 117 Å². The standard InChI is InChI=1S/C24H21ClFN7O/c1-32-23(21-16(10-27)20(9-18(25)22(21)26)33-6-2-3-7-33)17(12-29-32)13-4-5-14-15(8-13)19(11-28)30-31-24(14)34/h4-5,8-9,12H,2-3,6-7,11,28H2,1H3,(H,31,34). The van der Waals surface area contributed by atoms with E-state index in [1.807, 2.05) is 0 Å². The molecule has 10 heteroatoms. The van der Waals surface area contributed by atoms with E-state index in [-0.39, 0.29) is 28.3 Å². The maximum atomic E-state index is 15.6. The minimum atomic E-state index is -0.674. The van der Waals surface area contributed by atoms with Gasteiger partial charge < -0.3 is 10.6 Å². The number of nitriles is 1. The first-order chi connectivity index (χ1) is 16.4. The van der Waals surface area contributed by atoms with Crippen LogP contribution in [0.4, 0.5) is 10.1 Å². The molecule has 1 saturated heterocycles. The fourth-order valence-corrected chi connectivity index (χ4v) is 4.84. The molecule has 1 aliphatic rings. The predicted octanol–water partition coefficient (Wildman–Crippen LogP) is 3.71. The highest BCUT2D eigenvalue weighted by Gasteiger charge is 2.27. The fourth-order valence-electron chi connectivity index (χ4n) is 4.64. The number of nitrogens with two attached hydrogens (primary N) is 1. The zero-order chi connectivity index (χ0) is 24.0. The number of aromatic nitrogens is 4. The van der Waals surface area contributed by atoms with Crippen molar-refractivity contribution >= 4 is 28.1 Å². The van der Waals surface area contributed by atoms with Gasteiger partial charge in [-0.15, -0.1) is 0 Å². The molecule has 0 saturated carbocycles. The molecule has 172 valence electrons. The third-order valence-corrected chi connectivity index (χ3v) is 6.58. The Hall–Kier alpha value is -3.74. The number of aryl methyl sites for hydroxylation is 1. The van der Waals surface area contributed by atoms with Crippen molar-refractivity contribution < 1.29 is 4.39 Å². The normalized spacial score (nSPS) is 13.6. The van der Waals surface area contributed by atoms with Gasteiger partial charge in [-0.3, -0.25) is 9.48 Å². The highest BCUT2D eigenvalue weighted by molar-refractivity contribution is 6.31. The molecule has 0 bridgehead atoms. The van der Waals surface area contributed by atoms with Crippen molar-refractivity contribution in [2.24, 2.45) is 12.8 Å². The highest BCUT2D eigenvalue weighted by Crippen LogP contribution is 2.42. The molecular weight excluding hydrogens is 457 g/mol. The summed E-state index contributed by atoms with van der Waals surface area (Å²) >= 11 is 6.33. The quantitative estimate of drug-likeness (QED) is 0.462. The molecule has 34 heavy (non-hydrogen) atoms. The molecule has 3 heterocycles. The van der Waals surface area contributed by atoms with Crippen LogP contribution >= 0.6 is 11.6 Å². The number of benzene rings is 2. The second-order valence-electron chi connectivity index (χ2n) is 8.24. The minimum absolute atomic E-state index is 0.0530. The third kappa shape index (κ3) is 3.43. The Bertz CT molecular complexity index is 1530. The smallest absolute Gasteiger partial charge is 0.272 e. The lowest BCUT2D eigenvalue weighted by Gasteiger charge is -2.22. The number of anilines is 1. The maximum absolute atomic E-state index is 15.6. The van der Waals surface area contributed by atoms with Crippen LogP contribution in [0.5, 0.6) is 0 Å². The summed E-state index contributed by atoms with van der Waals surface area (Å²) in [6, 6.07) is 8.96. The molecule has 1 fully saturated rings. The predicted molar refractivity (Wildman–Crippen MR) is 129 cm³/mol. The summed E-state index contributed by atoms with van der Waals surface area (Å²) in [5.74, 6) is -0.674. The monoisotopic (exact) mass is 477 g/mol. The molecule has 0 spiro atoms. The number of nitrogens with one attached hydrogen (secondary N) is 1. The Morgan fingerprint density at radius 2 is 2.03 bits per heavy atom. The molecule has 0 radical (unpaired) electrons. The zero-order valence-corrected chi connectivity index (χ0v) is 19.2. The van der Waals surface area contributed by atoms with Gasteiger partial charge in [0.25, 0.3) is 5.56 Å². The Morgan fingerprint density at radius 3 is 2.74 bits per heavy atom. The van der Waals surface area contributed by atoms with Crippen LogP contribution in [0.3, 0.4) is 0 Å². The van der Waals surface area contributed by atoms with Crippen LogP contribution in [0.2, 0.25) is 5.02 Å². The van der Waals surface area contributed by atoms with E-state index in [0.29, 0.717) is 39.0 Å². The number of fused-ring (bicyclic) bond motifs is 1. The molecule has 8 nitrogen and oxygen atoms in total. The van der Waals surface area contributed by atoms with Gasteiger partial charge in [0, 0.05) is 37.6 Å². The van der Waals surface area contributed by atoms with E-state index in [1.54, 1.807) is 31.4 Å². The Kier molecular flexibility index (Phi) is 5.55. The van der Waals surface area contributed by atoms with Gasteiger partial charge in [0.1, 0.15) is 6.07 Å². The average molecular weight is 478 g/mol. The van der Waals surface area contributed by atoms with Crippen molar-refractivity contribution in [1.29, 1.82) is 5.26 Å². The lowest BCUT2D eigenvalue weighted by molar-refractivity contribution is 0.628. The van der Waals surface area contributed by atoms with Gasteiger partial charge in [-0.1, -0.05) is 17.7 Å². The van der Waals surface area contributed by atoms with Crippen LogP contribution in [0.15, 0.2) is 35.3 Å². The summed E-state index contributed by atoms with van der Waals surface area (Å²) in [6.45, 7) is 1.70. The maximum Gasteiger partial charge on any atom is 0.272 e. The summed E-state index contributed by atoms with van der Waals surface area (Å²) in [4.78, 5) is 14.3. The van der Waals surface area contributed by atoms with E-state index < -0.39 is 5.82 Å². The van der Waals surface area contributed by atoms with Gasteiger partial charge in [-0.2, -0.15) is 15.5 Å². The first kappa shape index (κ1) is 22.1. The van der Waals surface area contributed by atoms with Crippen molar-refractivity contribution in [2.45, 2.75) is 19.4 Å². The minimum Gasteiger partial charge on any atom is -0.370 e. The summed E-state index contributed by atoms with van der Waals surface area (Å²) in [5, 5.41) is 21.9. The largest absolute Gasteiger partial charge is 0.370 e. The van der Waals surface area contributed by atoms with Crippen LogP contribution in [-0.2, 0) is 13.6 Å². The number of hydrogen-bond donors (Lipinski definition) is 2. The van der Waals surface area contributed by atoms with E-state index in [2.05, 4.69) is 26.3 Å². The Labute approximate surface area is 199 Å².